The fourth-order valence-corrected chi connectivity index (χ4v) is 3.52. The summed E-state index contributed by atoms with van der Waals surface area (Å²) in [6.45, 7) is 4.15. The Balaban J connectivity index is 1.66. The van der Waals surface area contributed by atoms with Crippen LogP contribution in [0.2, 0.25) is 5.02 Å². The number of nitrogens with one attached hydrogen (secondary N) is 2. The minimum absolute atomic E-state index is 0.585. The molecule has 0 bridgehead atoms. The van der Waals surface area contributed by atoms with Gasteiger partial charge in [0.25, 0.3) is 0 Å². The third-order valence-corrected chi connectivity index (χ3v) is 5.41. The Kier molecular flexibility index (Phi) is 4.52. The van der Waals surface area contributed by atoms with E-state index in [0.29, 0.717) is 16.7 Å². The molecular formula is C24H19ClN4O. The second-order valence-electron chi connectivity index (χ2n) is 7.26. The van der Waals surface area contributed by atoms with Gasteiger partial charge in [-0.15, -0.1) is 0 Å². The smallest absolute Gasteiger partial charge is 0.222 e. The lowest BCUT2D eigenvalue weighted by atomic mass is 10.1. The second-order valence-corrected chi connectivity index (χ2v) is 7.70. The van der Waals surface area contributed by atoms with E-state index in [2.05, 4.69) is 40.4 Å². The van der Waals surface area contributed by atoms with Crippen molar-refractivity contribution in [1.29, 1.82) is 0 Å². The third kappa shape index (κ3) is 3.44. The van der Waals surface area contributed by atoms with Gasteiger partial charge in [0, 0.05) is 22.0 Å². The Morgan fingerprint density at radius 1 is 0.967 bits per heavy atom. The number of H-pyrrole nitrogens is 1. The number of aryl methyl sites for hydroxylation is 2. The molecule has 0 spiro atoms. The van der Waals surface area contributed by atoms with Gasteiger partial charge in [0.15, 0.2) is 0 Å². The van der Waals surface area contributed by atoms with E-state index in [1.165, 1.54) is 5.56 Å². The highest BCUT2D eigenvalue weighted by atomic mass is 35.5. The largest absolute Gasteiger partial charge is 0.456 e. The van der Waals surface area contributed by atoms with Gasteiger partial charge >= 0.3 is 0 Å². The molecule has 5 nitrogen and oxygen atoms in total. The van der Waals surface area contributed by atoms with Crippen molar-refractivity contribution < 1.29 is 4.42 Å². The minimum Gasteiger partial charge on any atom is -0.456 e. The van der Waals surface area contributed by atoms with Crippen molar-refractivity contribution in [2.24, 2.45) is 5.10 Å². The number of nitrogens with zero attached hydrogens (tertiary/aromatic N) is 2. The summed E-state index contributed by atoms with van der Waals surface area (Å²) < 4.78 is 6.21. The summed E-state index contributed by atoms with van der Waals surface area (Å²) in [5.41, 5.74) is 8.95. The van der Waals surface area contributed by atoms with E-state index in [4.69, 9.17) is 16.0 Å². The van der Waals surface area contributed by atoms with Crippen molar-refractivity contribution >= 4 is 39.6 Å². The van der Waals surface area contributed by atoms with Gasteiger partial charge in [0.05, 0.1) is 16.4 Å². The fraction of sp³-hybridized carbons (Fsp3) is 0.0833. The van der Waals surface area contributed by atoms with Gasteiger partial charge in [-0.2, -0.15) is 5.10 Å². The molecule has 0 aliphatic heterocycles. The third-order valence-electron chi connectivity index (χ3n) is 5.16. The molecule has 5 rings (SSSR count). The number of aromatic nitrogens is 2. The molecule has 0 amide bonds. The first kappa shape index (κ1) is 18.5. The summed E-state index contributed by atoms with van der Waals surface area (Å²) in [6.07, 6.45) is 0. The van der Waals surface area contributed by atoms with Gasteiger partial charge in [-0.25, -0.2) is 10.4 Å². The molecule has 0 atom stereocenters. The molecule has 0 saturated carbocycles. The molecule has 30 heavy (non-hydrogen) atoms. The highest BCUT2D eigenvalue weighted by molar-refractivity contribution is 6.30. The zero-order chi connectivity index (χ0) is 20.7. The topological polar surface area (TPSA) is 66.2 Å². The molecule has 5 aromatic rings. The van der Waals surface area contributed by atoms with Crippen LogP contribution in [0.15, 0.2) is 76.2 Å². The van der Waals surface area contributed by atoms with Crippen LogP contribution in [0.1, 0.15) is 11.1 Å². The average molecular weight is 415 g/mol. The van der Waals surface area contributed by atoms with Crippen LogP contribution < -0.4 is 10.8 Å². The standard InChI is InChI=1S/C24H19ClN4O/c1-14-11-18-21(28-29-24-26-19-5-3-4-6-20(19)27-24)13-22(30-23(18)12-15(14)2)16-7-9-17(25)10-8-16/h3-13H,1-2H3,(H2,26,27,29). The Bertz CT molecular complexity index is 1420. The normalized spacial score (nSPS) is 12.0. The molecule has 0 unspecified atom stereocenters. The van der Waals surface area contributed by atoms with E-state index >= 15 is 0 Å². The lowest BCUT2D eigenvalue weighted by molar-refractivity contribution is 0.617. The predicted molar refractivity (Wildman–Crippen MR) is 121 cm³/mol. The van der Waals surface area contributed by atoms with Crippen LogP contribution in [0.25, 0.3) is 33.3 Å². The summed E-state index contributed by atoms with van der Waals surface area (Å²) in [6, 6.07) is 21.5. The Hall–Kier alpha value is -3.57. The summed E-state index contributed by atoms with van der Waals surface area (Å²) in [5.74, 6) is 1.30. The second kappa shape index (κ2) is 7.35. The maximum atomic E-state index is 6.21. The van der Waals surface area contributed by atoms with Gasteiger partial charge in [-0.1, -0.05) is 23.7 Å². The van der Waals surface area contributed by atoms with Crippen LogP contribution in [0.3, 0.4) is 0 Å². The van der Waals surface area contributed by atoms with Crippen molar-refractivity contribution in [2.45, 2.75) is 13.8 Å². The quantitative estimate of drug-likeness (QED) is 0.347. The SMILES string of the molecule is Cc1cc2oc(-c3ccc(Cl)cc3)cc(=NNc3nc4ccccc4[nH]3)c2cc1C. The highest BCUT2D eigenvalue weighted by Gasteiger charge is 2.09. The predicted octanol–water partition coefficient (Wildman–Crippen LogP) is 6.17. The molecule has 0 radical (unpaired) electrons. The summed E-state index contributed by atoms with van der Waals surface area (Å²) in [5, 5.41) is 7.03. The Morgan fingerprint density at radius 2 is 1.73 bits per heavy atom. The summed E-state index contributed by atoms with van der Waals surface area (Å²) >= 11 is 6.05. The number of imidazole rings is 1. The number of hydrogen-bond acceptors (Lipinski definition) is 4. The maximum absolute atomic E-state index is 6.21. The van der Waals surface area contributed by atoms with Gasteiger partial charge in [-0.3, -0.25) is 0 Å². The first-order valence-electron chi connectivity index (χ1n) is 9.62. The first-order valence-corrected chi connectivity index (χ1v) is 10.0. The number of aromatic amines is 1. The van der Waals surface area contributed by atoms with Crippen LogP contribution in [-0.4, -0.2) is 9.97 Å². The highest BCUT2D eigenvalue weighted by Crippen LogP contribution is 2.25. The number of benzene rings is 3. The van der Waals surface area contributed by atoms with Crippen LogP contribution in [0, 0.1) is 13.8 Å². The fourth-order valence-electron chi connectivity index (χ4n) is 3.39. The summed E-state index contributed by atoms with van der Waals surface area (Å²) in [4.78, 5) is 7.76. The molecule has 6 heteroatoms. The number of rotatable bonds is 3. The first-order chi connectivity index (χ1) is 14.6. The number of halogens is 1. The summed E-state index contributed by atoms with van der Waals surface area (Å²) in [7, 11) is 0. The van der Waals surface area contributed by atoms with E-state index in [9.17, 15) is 0 Å². The molecule has 3 aromatic carbocycles. The Morgan fingerprint density at radius 3 is 2.53 bits per heavy atom. The van der Waals surface area contributed by atoms with Gasteiger partial charge < -0.3 is 9.40 Å². The monoisotopic (exact) mass is 414 g/mol. The van der Waals surface area contributed by atoms with E-state index in [-0.39, 0.29) is 0 Å². The minimum atomic E-state index is 0.585. The number of hydrogen-bond donors (Lipinski definition) is 2. The molecule has 2 aromatic heterocycles. The van der Waals surface area contributed by atoms with Crippen molar-refractivity contribution in [2.75, 3.05) is 5.43 Å². The zero-order valence-corrected chi connectivity index (χ0v) is 17.3. The van der Waals surface area contributed by atoms with Gasteiger partial charge in [-0.05, 0) is 73.5 Å². The van der Waals surface area contributed by atoms with Crippen LogP contribution >= 0.6 is 11.6 Å². The lowest BCUT2D eigenvalue weighted by Crippen LogP contribution is -2.08. The number of fused-ring (bicyclic) bond motifs is 2. The van der Waals surface area contributed by atoms with Gasteiger partial charge in [0.1, 0.15) is 11.3 Å². The van der Waals surface area contributed by atoms with Crippen LogP contribution in [0.5, 0.6) is 0 Å². The number of anilines is 1. The van der Waals surface area contributed by atoms with E-state index in [1.807, 2.05) is 60.7 Å². The zero-order valence-electron chi connectivity index (χ0n) is 16.5. The molecule has 2 N–H and O–H groups in total. The molecule has 0 aliphatic rings. The average Bonchev–Trinajstić information content (AvgIpc) is 3.16. The van der Waals surface area contributed by atoms with Crippen molar-refractivity contribution in [1.82, 2.24) is 9.97 Å². The maximum Gasteiger partial charge on any atom is 0.222 e. The van der Waals surface area contributed by atoms with Crippen molar-refractivity contribution in [3.63, 3.8) is 0 Å². The van der Waals surface area contributed by atoms with Crippen molar-refractivity contribution in [3.8, 4) is 11.3 Å². The molecule has 0 fully saturated rings. The molecule has 2 heterocycles. The van der Waals surface area contributed by atoms with E-state index in [1.54, 1.807) is 0 Å². The lowest BCUT2D eigenvalue weighted by Gasteiger charge is -2.08. The molecule has 0 saturated heterocycles. The van der Waals surface area contributed by atoms with Gasteiger partial charge in [0.2, 0.25) is 5.95 Å². The van der Waals surface area contributed by atoms with E-state index < -0.39 is 0 Å². The van der Waals surface area contributed by atoms with Crippen LogP contribution in [0.4, 0.5) is 5.95 Å². The van der Waals surface area contributed by atoms with Crippen molar-refractivity contribution in [3.05, 3.63) is 88.2 Å². The Labute approximate surface area is 178 Å². The molecule has 0 aliphatic carbocycles. The number of para-hydroxylation sites is 2. The molecular weight excluding hydrogens is 396 g/mol. The molecule has 148 valence electrons. The van der Waals surface area contributed by atoms with Crippen LogP contribution in [-0.2, 0) is 0 Å². The van der Waals surface area contributed by atoms with E-state index in [0.717, 1.165) is 38.5 Å².